The van der Waals surface area contributed by atoms with Crippen molar-refractivity contribution in [3.63, 3.8) is 0 Å². The number of hydrogen-bond acceptors (Lipinski definition) is 20. The molecule has 38 heteroatoms. The molecule has 0 bridgehead atoms. The summed E-state index contributed by atoms with van der Waals surface area (Å²) in [6.45, 7) is 6.53. The Morgan fingerprint density at radius 1 is 0.516 bits per heavy atom. The number of rotatable bonds is 41. The minimum atomic E-state index is -1.92. The van der Waals surface area contributed by atoms with Crippen molar-refractivity contribution in [3.05, 3.63) is 36.0 Å². The highest BCUT2D eigenvalue weighted by Crippen LogP contribution is 2.20. The predicted molar refractivity (Wildman–Crippen MR) is 345 cm³/mol. The summed E-state index contributed by atoms with van der Waals surface area (Å²) in [5.74, 6) is -14.1. The van der Waals surface area contributed by atoms with Crippen molar-refractivity contribution >= 4 is 131 Å². The second kappa shape index (κ2) is 40.5. The number of amides is 12. The number of carboxylic acid groups (broad SMARTS) is 1. The minimum absolute atomic E-state index is 0.00818. The summed E-state index contributed by atoms with van der Waals surface area (Å²) in [6.07, 6.45) is -2.16. The monoisotopic (exact) mass is 1350 g/mol. The van der Waals surface area contributed by atoms with Crippen LogP contribution in [0.1, 0.15) is 85.6 Å². The number of nitrogens with one attached hydrogen (secondary N) is 13. The Hall–Kier alpha value is -9.30. The van der Waals surface area contributed by atoms with Crippen molar-refractivity contribution in [1.29, 1.82) is 0 Å². The van der Waals surface area contributed by atoms with E-state index in [1.807, 2.05) is 0 Å². The van der Waals surface area contributed by atoms with E-state index in [4.69, 9.17) is 28.7 Å². The van der Waals surface area contributed by atoms with Gasteiger partial charge in [0.2, 0.25) is 70.9 Å². The Labute approximate surface area is 546 Å². The maximum atomic E-state index is 14.3. The largest absolute Gasteiger partial charge is 0.481 e. The van der Waals surface area contributed by atoms with Crippen LogP contribution in [0.25, 0.3) is 10.9 Å². The summed E-state index contributed by atoms with van der Waals surface area (Å²) >= 11 is 8.29. The molecule has 0 saturated carbocycles. The molecule has 0 unspecified atom stereocenters. The smallest absolute Gasteiger partial charge is 0.303 e. The van der Waals surface area contributed by atoms with E-state index in [0.29, 0.717) is 16.5 Å². The number of benzene rings is 1. The number of Topliss-reactive ketones (excluding diaryl/α,β-unsaturated/α-hetero) is 1. The van der Waals surface area contributed by atoms with Crippen molar-refractivity contribution in [2.75, 3.05) is 37.7 Å². The number of hydrogen-bond donors (Lipinski definition) is 22. The zero-order valence-corrected chi connectivity index (χ0v) is 54.1. The zero-order valence-electron chi connectivity index (χ0n) is 52.3. The van der Waals surface area contributed by atoms with Gasteiger partial charge in [-0.15, -0.1) is 0 Å². The van der Waals surface area contributed by atoms with Gasteiger partial charge < -0.3 is 108 Å². The van der Waals surface area contributed by atoms with Gasteiger partial charge in [-0.1, -0.05) is 18.2 Å². The lowest BCUT2D eigenvalue weighted by Gasteiger charge is -2.28. The fourth-order valence-electron chi connectivity index (χ4n) is 8.36. The third kappa shape index (κ3) is 28.8. The van der Waals surface area contributed by atoms with E-state index < -0.39 is 175 Å². The molecule has 0 radical (unpaired) electrons. The molecule has 36 nitrogen and oxygen atoms in total. The van der Waals surface area contributed by atoms with E-state index in [1.165, 1.54) is 34.6 Å². The SMILES string of the molecule is CC(=O)[C@H](C)NC(=O)CNC(=O)[C@H](CS)NC(=O)[C@H](C)NC(=O)[C@H](Cc1c[nH]c2ccccc12)NC(=O)[C@H](C)NC(=O)[C@@H](NC(=O)[C@H](CCC(=O)O)NC(=O)[C@H](CCCN=C(N)N)NC(=O)[C@H](CCCN=C(N)N)NC(=O)[C@H](CS)NC(=O)[C@H](C)NC(=O)CN)[C@@H](C)O. The number of aliphatic carboxylic acids is 1. The standard InChI is InChI=1S/C55H88N20O16S2/c1-25(29(5)76)65-41(79)22-64-47(85)38(23-92)73-46(84)27(3)67-51(89)37(19-31-21-63-33-12-8-7-11-32(31)33)72-45(83)28(4)68-53(91)43(30(6)77)75-50(88)36(15-16-42(80)81)71-49(87)34(13-9-17-61-54(57)58)69-48(86)35(14-10-18-62-55(59)60)70-52(90)39(24-93)74-44(82)26(2)66-40(78)20-56/h7-8,11-12,21,25-28,30,34-39,43,63,77,92-93H,9-10,13-20,22-24,56H2,1-6H3,(H,64,85)(H,65,79)(H,66,78)(H,67,89)(H,68,91)(H,69,86)(H,70,90)(H,71,87)(H,72,83)(H,73,84)(H,74,82)(H,75,88)(H,80,81)(H4,57,58,61)(H4,59,60,62)/t25-,26-,27-,28-,30+,34-,35-,36-,37-,38-,39-,43-/m0/s1. The van der Waals surface area contributed by atoms with Crippen molar-refractivity contribution in [1.82, 2.24) is 68.8 Å². The molecule has 0 aliphatic heterocycles. The summed E-state index contributed by atoms with van der Waals surface area (Å²) in [6, 6.07) is -8.89. The molecule has 2 aromatic rings. The number of para-hydroxylation sites is 1. The van der Waals surface area contributed by atoms with Crippen molar-refractivity contribution < 1.29 is 77.3 Å². The molecule has 93 heavy (non-hydrogen) atoms. The first-order valence-electron chi connectivity index (χ1n) is 29.3. The van der Waals surface area contributed by atoms with Gasteiger partial charge in [0.25, 0.3) is 0 Å². The Morgan fingerprint density at radius 2 is 0.935 bits per heavy atom. The first kappa shape index (κ1) is 79.8. The molecule has 0 fully saturated rings. The molecule has 12 amide bonds. The lowest BCUT2D eigenvalue weighted by atomic mass is 10.0. The summed E-state index contributed by atoms with van der Waals surface area (Å²) in [5, 5.41) is 50.2. The highest BCUT2D eigenvalue weighted by atomic mass is 32.1. The fraction of sp³-hybridized carbons (Fsp3) is 0.564. The lowest BCUT2D eigenvalue weighted by Crippen LogP contribution is -2.62. The molecule has 0 aliphatic carbocycles. The number of nitrogens with two attached hydrogens (primary N) is 5. The van der Waals surface area contributed by atoms with Crippen LogP contribution in [-0.4, -0.2) is 220 Å². The van der Waals surface area contributed by atoms with Crippen LogP contribution in [0.2, 0.25) is 0 Å². The molecular weight excluding hydrogens is 1260 g/mol. The Kier molecular flexibility index (Phi) is 34.8. The van der Waals surface area contributed by atoms with Crippen molar-refractivity contribution in [2.45, 2.75) is 159 Å². The quantitative estimate of drug-likeness (QED) is 0.0127. The average molecular weight is 1350 g/mol. The zero-order chi connectivity index (χ0) is 70.2. The van der Waals surface area contributed by atoms with Crippen LogP contribution in [0, 0.1) is 0 Å². The van der Waals surface area contributed by atoms with Crippen molar-refractivity contribution in [3.8, 4) is 0 Å². The molecule has 25 N–H and O–H groups in total. The Bertz CT molecular complexity index is 3030. The van der Waals surface area contributed by atoms with Gasteiger partial charge in [0.05, 0.1) is 25.2 Å². The predicted octanol–water partition coefficient (Wildman–Crippen LogP) is -8.00. The van der Waals surface area contributed by atoms with E-state index in [1.54, 1.807) is 30.5 Å². The number of carbonyl (C=O) groups is 14. The Balaban J connectivity index is 2.42. The number of carbonyl (C=O) groups excluding carboxylic acids is 13. The molecule has 1 heterocycles. The summed E-state index contributed by atoms with van der Waals surface area (Å²) in [7, 11) is 0. The van der Waals surface area contributed by atoms with E-state index in [9.17, 15) is 77.3 Å². The molecule has 0 spiro atoms. The number of aliphatic hydroxyl groups excluding tert-OH is 1. The highest BCUT2D eigenvalue weighted by molar-refractivity contribution is 7.80. The fourth-order valence-corrected chi connectivity index (χ4v) is 8.88. The number of fused-ring (bicyclic) bond motifs is 1. The number of carboxylic acids is 1. The van der Waals surface area contributed by atoms with Gasteiger partial charge >= 0.3 is 5.97 Å². The summed E-state index contributed by atoms with van der Waals surface area (Å²) in [4.78, 5) is 196. The van der Waals surface area contributed by atoms with Gasteiger partial charge in [-0.2, -0.15) is 25.3 Å². The van der Waals surface area contributed by atoms with Gasteiger partial charge in [-0.05, 0) is 85.3 Å². The van der Waals surface area contributed by atoms with Crippen LogP contribution in [0.3, 0.4) is 0 Å². The number of aliphatic imine (C=N–C) groups is 2. The topological polar surface area (TPSA) is 594 Å². The van der Waals surface area contributed by atoms with Crippen molar-refractivity contribution in [2.24, 2.45) is 38.7 Å². The molecule has 0 saturated heterocycles. The molecule has 516 valence electrons. The number of aliphatic hydroxyl groups is 1. The first-order chi connectivity index (χ1) is 43.7. The summed E-state index contributed by atoms with van der Waals surface area (Å²) < 4.78 is 0. The van der Waals surface area contributed by atoms with Gasteiger partial charge in [0, 0.05) is 54.5 Å². The second-order valence-corrected chi connectivity index (χ2v) is 22.2. The number of H-pyrrole nitrogens is 1. The average Bonchev–Trinajstić information content (AvgIpc) is 1.75. The molecule has 0 aliphatic rings. The number of aromatic nitrogens is 1. The van der Waals surface area contributed by atoms with E-state index in [-0.39, 0.29) is 74.4 Å². The maximum absolute atomic E-state index is 14.3. The summed E-state index contributed by atoms with van der Waals surface area (Å²) in [5.41, 5.74) is 28.4. The van der Waals surface area contributed by atoms with Gasteiger partial charge in [-0.3, -0.25) is 77.1 Å². The van der Waals surface area contributed by atoms with Gasteiger partial charge in [0.1, 0.15) is 60.4 Å². The molecule has 12 atom stereocenters. The maximum Gasteiger partial charge on any atom is 0.303 e. The molecule has 1 aromatic heterocycles. The Morgan fingerprint density at radius 3 is 1.41 bits per heavy atom. The van der Waals surface area contributed by atoms with Gasteiger partial charge in [0.15, 0.2) is 17.7 Å². The molecule has 1 aromatic carbocycles. The molecular formula is C55H88N20O16S2. The third-order valence-electron chi connectivity index (χ3n) is 13.7. The molecule has 2 rings (SSSR count). The van der Waals surface area contributed by atoms with Crippen LogP contribution >= 0.6 is 25.3 Å². The van der Waals surface area contributed by atoms with Crippen LogP contribution < -0.4 is 92.5 Å². The van der Waals surface area contributed by atoms with Gasteiger partial charge in [-0.25, -0.2) is 0 Å². The first-order valence-corrected chi connectivity index (χ1v) is 30.6. The number of thiol groups is 2. The number of aromatic amines is 1. The number of guanidine groups is 2. The van der Waals surface area contributed by atoms with Crippen LogP contribution in [0.15, 0.2) is 40.4 Å². The van der Waals surface area contributed by atoms with E-state index in [0.717, 1.165) is 6.92 Å². The van der Waals surface area contributed by atoms with Crippen LogP contribution in [0.4, 0.5) is 0 Å². The minimum Gasteiger partial charge on any atom is -0.481 e. The number of nitrogens with zero attached hydrogens (tertiary/aromatic N) is 2. The van der Waals surface area contributed by atoms with Crippen LogP contribution in [-0.2, 0) is 73.5 Å². The normalized spacial score (nSPS) is 14.8. The lowest BCUT2D eigenvalue weighted by molar-refractivity contribution is -0.139. The number of ketones is 1. The van der Waals surface area contributed by atoms with E-state index in [2.05, 4.69) is 104 Å². The van der Waals surface area contributed by atoms with Crippen LogP contribution in [0.5, 0.6) is 0 Å². The highest BCUT2D eigenvalue weighted by Gasteiger charge is 2.36. The third-order valence-corrected chi connectivity index (χ3v) is 14.5. The second-order valence-electron chi connectivity index (χ2n) is 21.4. The van der Waals surface area contributed by atoms with E-state index >= 15 is 0 Å².